The molecule has 4 rings (SSSR count). The second-order valence-corrected chi connectivity index (χ2v) is 10.6. The van der Waals surface area contributed by atoms with Crippen molar-refractivity contribution in [2.75, 3.05) is 0 Å². The van der Waals surface area contributed by atoms with E-state index >= 15 is 0 Å². The first-order valence-corrected chi connectivity index (χ1v) is 12.8. The molecule has 29 heavy (non-hydrogen) atoms. The molecule has 0 bridgehead atoms. The molecule has 1 aromatic carbocycles. The van der Waals surface area contributed by atoms with Gasteiger partial charge in [-0.3, -0.25) is 0 Å². The summed E-state index contributed by atoms with van der Waals surface area (Å²) in [6.07, 6.45) is 20.6. The van der Waals surface area contributed by atoms with Gasteiger partial charge < -0.3 is 0 Å². The number of nitriles is 1. The number of fused-ring (bicyclic) bond motifs is 1. The highest BCUT2D eigenvalue weighted by Gasteiger charge is 2.38. The molecule has 1 heteroatoms. The SMILES string of the molecule is CCCCCC1CCC2CC(C3CCC(c4ccc(C#N)cc4)CC3)CCC2C1. The topological polar surface area (TPSA) is 23.8 Å². The van der Waals surface area contributed by atoms with Crippen molar-refractivity contribution in [3.63, 3.8) is 0 Å². The van der Waals surface area contributed by atoms with Crippen LogP contribution in [-0.4, -0.2) is 0 Å². The molecule has 3 aliphatic carbocycles. The van der Waals surface area contributed by atoms with E-state index in [2.05, 4.69) is 25.1 Å². The highest BCUT2D eigenvalue weighted by atomic mass is 14.4. The average Bonchev–Trinajstić information content (AvgIpc) is 2.79. The van der Waals surface area contributed by atoms with Crippen LogP contribution in [-0.2, 0) is 0 Å². The second kappa shape index (κ2) is 10.1. The monoisotopic (exact) mass is 391 g/mol. The molecule has 0 heterocycles. The Kier molecular flexibility index (Phi) is 7.34. The summed E-state index contributed by atoms with van der Waals surface area (Å²) in [5, 5.41) is 9.01. The molecule has 1 aromatic rings. The number of rotatable bonds is 6. The zero-order valence-electron chi connectivity index (χ0n) is 18.6. The summed E-state index contributed by atoms with van der Waals surface area (Å²) in [6, 6.07) is 10.7. The lowest BCUT2D eigenvalue weighted by atomic mass is 9.60. The van der Waals surface area contributed by atoms with Gasteiger partial charge in [-0.2, -0.15) is 5.26 Å². The van der Waals surface area contributed by atoms with Crippen LogP contribution in [0.5, 0.6) is 0 Å². The van der Waals surface area contributed by atoms with Crippen LogP contribution < -0.4 is 0 Å². The number of benzene rings is 1. The summed E-state index contributed by atoms with van der Waals surface area (Å²) in [4.78, 5) is 0. The minimum atomic E-state index is 0.730. The lowest BCUT2D eigenvalue weighted by molar-refractivity contribution is 0.0614. The highest BCUT2D eigenvalue weighted by molar-refractivity contribution is 5.33. The molecule has 3 fully saturated rings. The zero-order valence-corrected chi connectivity index (χ0v) is 18.6. The van der Waals surface area contributed by atoms with E-state index in [9.17, 15) is 0 Å². The zero-order chi connectivity index (χ0) is 20.1. The molecule has 0 aliphatic heterocycles. The van der Waals surface area contributed by atoms with Crippen molar-refractivity contribution in [3.05, 3.63) is 35.4 Å². The van der Waals surface area contributed by atoms with Gasteiger partial charge in [0.1, 0.15) is 0 Å². The Balaban J connectivity index is 1.23. The molecule has 3 saturated carbocycles. The van der Waals surface area contributed by atoms with Crippen LogP contribution in [0.3, 0.4) is 0 Å². The molecular weight excluding hydrogens is 350 g/mol. The van der Waals surface area contributed by atoms with Crippen molar-refractivity contribution in [3.8, 4) is 6.07 Å². The molecule has 3 aliphatic rings. The third kappa shape index (κ3) is 5.25. The Morgan fingerprint density at radius 1 is 0.759 bits per heavy atom. The van der Waals surface area contributed by atoms with Crippen molar-refractivity contribution < 1.29 is 0 Å². The third-order valence-electron chi connectivity index (χ3n) is 8.93. The smallest absolute Gasteiger partial charge is 0.0991 e. The number of unbranched alkanes of at least 4 members (excludes halogenated alkanes) is 2. The van der Waals surface area contributed by atoms with Gasteiger partial charge in [0.15, 0.2) is 0 Å². The van der Waals surface area contributed by atoms with Crippen molar-refractivity contribution in [2.45, 2.75) is 103 Å². The number of nitrogens with zero attached hydrogens (tertiary/aromatic N) is 1. The molecule has 0 aromatic heterocycles. The maximum atomic E-state index is 9.01. The highest BCUT2D eigenvalue weighted by Crippen LogP contribution is 2.50. The summed E-state index contributed by atoms with van der Waals surface area (Å²) in [7, 11) is 0. The summed E-state index contributed by atoms with van der Waals surface area (Å²) in [6.45, 7) is 2.33. The Morgan fingerprint density at radius 3 is 2.07 bits per heavy atom. The van der Waals surface area contributed by atoms with E-state index < -0.39 is 0 Å². The standard InChI is InChI=1S/C28H41N/c1-2-3-4-5-21-6-11-28-19-27(17-16-26(28)18-21)25-14-12-24(13-15-25)23-9-7-22(20-29)8-10-23/h7-10,21,24-28H,2-6,11-19H2,1H3. The van der Waals surface area contributed by atoms with Gasteiger partial charge in [0.05, 0.1) is 11.6 Å². The Bertz CT molecular complexity index is 661. The molecule has 4 atom stereocenters. The van der Waals surface area contributed by atoms with Gasteiger partial charge in [-0.05, 0) is 111 Å². The first-order valence-electron chi connectivity index (χ1n) is 12.8. The number of hydrogen-bond acceptors (Lipinski definition) is 1. The molecule has 0 amide bonds. The molecule has 0 saturated heterocycles. The Morgan fingerprint density at radius 2 is 1.38 bits per heavy atom. The fourth-order valence-corrected chi connectivity index (χ4v) is 7.15. The number of hydrogen-bond donors (Lipinski definition) is 0. The van der Waals surface area contributed by atoms with Gasteiger partial charge in [-0.25, -0.2) is 0 Å². The normalized spacial score (nSPS) is 34.9. The van der Waals surface area contributed by atoms with Crippen molar-refractivity contribution >= 4 is 0 Å². The van der Waals surface area contributed by atoms with E-state index in [1.54, 1.807) is 19.3 Å². The molecule has 4 unspecified atom stereocenters. The maximum absolute atomic E-state index is 9.01. The van der Waals surface area contributed by atoms with E-state index in [-0.39, 0.29) is 0 Å². The van der Waals surface area contributed by atoms with Gasteiger partial charge >= 0.3 is 0 Å². The summed E-state index contributed by atoms with van der Waals surface area (Å²) >= 11 is 0. The first-order chi connectivity index (χ1) is 14.3. The van der Waals surface area contributed by atoms with E-state index in [0.29, 0.717) is 0 Å². The molecule has 0 radical (unpaired) electrons. The van der Waals surface area contributed by atoms with E-state index in [1.165, 1.54) is 76.2 Å². The molecule has 158 valence electrons. The van der Waals surface area contributed by atoms with Crippen molar-refractivity contribution in [2.24, 2.45) is 29.6 Å². The van der Waals surface area contributed by atoms with Crippen LogP contribution >= 0.6 is 0 Å². The van der Waals surface area contributed by atoms with Crippen molar-refractivity contribution in [1.29, 1.82) is 5.26 Å². The largest absolute Gasteiger partial charge is 0.192 e. The second-order valence-electron chi connectivity index (χ2n) is 10.6. The predicted molar refractivity (Wildman–Crippen MR) is 122 cm³/mol. The van der Waals surface area contributed by atoms with Crippen molar-refractivity contribution in [1.82, 2.24) is 0 Å². The summed E-state index contributed by atoms with van der Waals surface area (Å²) < 4.78 is 0. The summed E-state index contributed by atoms with van der Waals surface area (Å²) in [5.41, 5.74) is 2.26. The minimum Gasteiger partial charge on any atom is -0.192 e. The van der Waals surface area contributed by atoms with Gasteiger partial charge in [0.25, 0.3) is 0 Å². The molecule has 1 nitrogen and oxygen atoms in total. The average molecular weight is 392 g/mol. The fraction of sp³-hybridized carbons (Fsp3) is 0.750. The van der Waals surface area contributed by atoms with Gasteiger partial charge in [-0.1, -0.05) is 51.2 Å². The van der Waals surface area contributed by atoms with Gasteiger partial charge in [0, 0.05) is 0 Å². The predicted octanol–water partition coefficient (Wildman–Crippen LogP) is 8.24. The van der Waals surface area contributed by atoms with Crippen LogP contribution in [0.1, 0.15) is 114 Å². The first kappa shape index (κ1) is 21.0. The molecule has 0 spiro atoms. The van der Waals surface area contributed by atoms with E-state index in [4.69, 9.17) is 5.26 Å². The Hall–Kier alpha value is -1.29. The van der Waals surface area contributed by atoms with Crippen LogP contribution in [0.4, 0.5) is 0 Å². The van der Waals surface area contributed by atoms with Crippen LogP contribution in [0.2, 0.25) is 0 Å². The van der Waals surface area contributed by atoms with Gasteiger partial charge in [-0.15, -0.1) is 0 Å². The van der Waals surface area contributed by atoms with Crippen LogP contribution in [0.15, 0.2) is 24.3 Å². The van der Waals surface area contributed by atoms with E-state index in [0.717, 1.165) is 41.1 Å². The van der Waals surface area contributed by atoms with Crippen LogP contribution in [0.25, 0.3) is 0 Å². The van der Waals surface area contributed by atoms with E-state index in [1.807, 2.05) is 12.1 Å². The molecular formula is C28H41N. The van der Waals surface area contributed by atoms with Gasteiger partial charge in [0.2, 0.25) is 0 Å². The quantitative estimate of drug-likeness (QED) is 0.448. The van der Waals surface area contributed by atoms with Crippen LogP contribution in [0, 0.1) is 40.9 Å². The third-order valence-corrected chi connectivity index (χ3v) is 8.93. The fourth-order valence-electron chi connectivity index (χ4n) is 7.15. The lowest BCUT2D eigenvalue weighted by Gasteiger charge is -2.45. The maximum Gasteiger partial charge on any atom is 0.0991 e. The lowest BCUT2D eigenvalue weighted by Crippen LogP contribution is -2.34. The summed E-state index contributed by atoms with van der Waals surface area (Å²) in [5.74, 6) is 5.94. The minimum absolute atomic E-state index is 0.730. The Labute approximate surface area is 179 Å². The molecule has 0 N–H and O–H groups in total.